The van der Waals surface area contributed by atoms with Crippen molar-refractivity contribution in [3.63, 3.8) is 0 Å². The molecule has 1 aliphatic rings. The van der Waals surface area contributed by atoms with Gasteiger partial charge in [-0.25, -0.2) is 4.57 Å². The lowest BCUT2D eigenvalue weighted by atomic mass is 10.4. The summed E-state index contributed by atoms with van der Waals surface area (Å²) < 4.78 is 3.80. The highest BCUT2D eigenvalue weighted by Gasteiger charge is 2.25. The summed E-state index contributed by atoms with van der Waals surface area (Å²) in [6.07, 6.45) is 1.52. The van der Waals surface area contributed by atoms with Gasteiger partial charge in [0.1, 0.15) is 6.54 Å². The highest BCUT2D eigenvalue weighted by atomic mass is 79.9. The minimum atomic E-state index is -0.243. The van der Waals surface area contributed by atoms with E-state index in [1.807, 2.05) is 16.3 Å². The standard InChI is InChI=1S/C6H10N3OS.BrH/c1-8-4-7-9-2-5(10)3-11-6(8)9;/h4-5,10H,2-3H2,1H3;1H/q+1;/p-1/t5-;/m1./s1. The summed E-state index contributed by atoms with van der Waals surface area (Å²) in [5.41, 5.74) is 0. The number of hydrogen-bond donors (Lipinski definition) is 1. The van der Waals surface area contributed by atoms with E-state index in [4.69, 9.17) is 0 Å². The van der Waals surface area contributed by atoms with Gasteiger partial charge in [-0.2, -0.15) is 0 Å². The molecule has 12 heavy (non-hydrogen) atoms. The van der Waals surface area contributed by atoms with Crippen LogP contribution in [-0.2, 0) is 13.6 Å². The second kappa shape index (κ2) is 3.76. The second-order valence-corrected chi connectivity index (χ2v) is 3.66. The number of aliphatic hydroxyl groups excluding tert-OH is 1. The van der Waals surface area contributed by atoms with E-state index in [-0.39, 0.29) is 23.1 Å². The second-order valence-electron chi connectivity index (χ2n) is 2.67. The van der Waals surface area contributed by atoms with Crippen molar-refractivity contribution < 1.29 is 26.7 Å². The van der Waals surface area contributed by atoms with Gasteiger partial charge < -0.3 is 22.1 Å². The topological polar surface area (TPSA) is 41.9 Å². The SMILES string of the molecule is C[n+]1cnn2c1SC[C@H](O)C2.[Br-]. The Hall–Kier alpha value is -0.0700. The lowest BCUT2D eigenvalue weighted by Gasteiger charge is -2.11. The summed E-state index contributed by atoms with van der Waals surface area (Å²) in [6.45, 7) is 0.628. The molecule has 1 aromatic heterocycles. The van der Waals surface area contributed by atoms with Gasteiger partial charge in [0.15, 0.2) is 0 Å². The molecule has 0 unspecified atom stereocenters. The molecule has 4 nitrogen and oxygen atoms in total. The normalized spacial score (nSPS) is 21.3. The van der Waals surface area contributed by atoms with Crippen LogP contribution in [0.1, 0.15) is 0 Å². The van der Waals surface area contributed by atoms with Crippen molar-refractivity contribution in [1.29, 1.82) is 0 Å². The van der Waals surface area contributed by atoms with Crippen LogP contribution >= 0.6 is 11.8 Å². The van der Waals surface area contributed by atoms with Gasteiger partial charge in [0.25, 0.3) is 11.5 Å². The van der Waals surface area contributed by atoms with Gasteiger partial charge in [0.2, 0.25) is 0 Å². The lowest BCUT2D eigenvalue weighted by Crippen LogP contribution is -3.00. The highest BCUT2D eigenvalue weighted by molar-refractivity contribution is 7.99. The number of rotatable bonds is 0. The number of aryl methyl sites for hydroxylation is 1. The van der Waals surface area contributed by atoms with Gasteiger partial charge in [0, 0.05) is 10.9 Å². The van der Waals surface area contributed by atoms with Crippen molar-refractivity contribution in [2.45, 2.75) is 17.8 Å². The average molecular weight is 252 g/mol. The third kappa shape index (κ3) is 1.65. The largest absolute Gasteiger partial charge is 1.00 e. The Morgan fingerprint density at radius 2 is 2.58 bits per heavy atom. The summed E-state index contributed by atoms with van der Waals surface area (Å²) >= 11 is 1.64. The molecule has 1 atom stereocenters. The molecule has 0 amide bonds. The maximum Gasteiger partial charge on any atom is 0.296 e. The van der Waals surface area contributed by atoms with Crippen molar-refractivity contribution in [3.8, 4) is 0 Å². The van der Waals surface area contributed by atoms with Crippen molar-refractivity contribution in [3.05, 3.63) is 6.33 Å². The molecular formula is C6H10BrN3OS. The molecule has 1 aromatic rings. The van der Waals surface area contributed by atoms with Crippen LogP contribution < -0.4 is 21.5 Å². The highest BCUT2D eigenvalue weighted by Crippen LogP contribution is 2.19. The number of halogens is 1. The van der Waals surface area contributed by atoms with E-state index in [1.54, 1.807) is 18.1 Å². The Kier molecular flexibility index (Phi) is 3.14. The first kappa shape index (κ1) is 10.0. The third-order valence-electron chi connectivity index (χ3n) is 1.68. The van der Waals surface area contributed by atoms with Crippen LogP contribution in [-0.4, -0.2) is 26.7 Å². The Balaban J connectivity index is 0.000000720. The van der Waals surface area contributed by atoms with Crippen LogP contribution in [0.25, 0.3) is 0 Å². The third-order valence-corrected chi connectivity index (χ3v) is 2.98. The first-order valence-corrected chi connectivity index (χ1v) is 4.48. The minimum absolute atomic E-state index is 0. The van der Waals surface area contributed by atoms with Gasteiger partial charge >= 0.3 is 0 Å². The van der Waals surface area contributed by atoms with Crippen LogP contribution in [0.15, 0.2) is 11.5 Å². The quantitative estimate of drug-likeness (QED) is 0.481. The summed E-state index contributed by atoms with van der Waals surface area (Å²) in [7, 11) is 1.96. The van der Waals surface area contributed by atoms with Crippen LogP contribution in [0.4, 0.5) is 0 Å². The van der Waals surface area contributed by atoms with Gasteiger partial charge in [-0.15, -0.1) is 0 Å². The number of hydrogen-bond acceptors (Lipinski definition) is 3. The average Bonchev–Trinajstić information content (AvgIpc) is 2.32. The fraction of sp³-hybridized carbons (Fsp3) is 0.667. The molecule has 0 radical (unpaired) electrons. The van der Waals surface area contributed by atoms with Gasteiger partial charge in [-0.3, -0.25) is 0 Å². The molecular weight excluding hydrogens is 242 g/mol. The zero-order chi connectivity index (χ0) is 7.84. The van der Waals surface area contributed by atoms with Crippen LogP contribution in [0.2, 0.25) is 0 Å². The van der Waals surface area contributed by atoms with E-state index in [1.165, 1.54) is 0 Å². The first-order chi connectivity index (χ1) is 5.27. The molecule has 6 heteroatoms. The molecule has 0 spiro atoms. The molecule has 0 bridgehead atoms. The van der Waals surface area contributed by atoms with E-state index >= 15 is 0 Å². The van der Waals surface area contributed by atoms with E-state index in [0.717, 1.165) is 10.9 Å². The summed E-state index contributed by atoms with van der Waals surface area (Å²) in [6, 6.07) is 0. The molecule has 0 fully saturated rings. The predicted octanol–water partition coefficient (Wildman–Crippen LogP) is -3.82. The van der Waals surface area contributed by atoms with Gasteiger partial charge in [-0.05, 0) is 0 Å². The zero-order valence-corrected chi connectivity index (χ0v) is 9.05. The maximum atomic E-state index is 9.27. The number of thioether (sulfide) groups is 1. The smallest absolute Gasteiger partial charge is 0.296 e. The predicted molar refractivity (Wildman–Crippen MR) is 40.1 cm³/mol. The number of nitrogens with zero attached hydrogens (tertiary/aromatic N) is 3. The molecule has 1 N–H and O–H groups in total. The maximum absolute atomic E-state index is 9.27. The summed E-state index contributed by atoms with van der Waals surface area (Å²) in [5, 5.41) is 14.5. The molecule has 0 saturated heterocycles. The monoisotopic (exact) mass is 251 g/mol. The molecule has 1 aliphatic heterocycles. The number of aliphatic hydroxyl groups is 1. The minimum Gasteiger partial charge on any atom is -1.00 e. The van der Waals surface area contributed by atoms with Crippen LogP contribution in [0.3, 0.4) is 0 Å². The fourth-order valence-electron chi connectivity index (χ4n) is 1.15. The first-order valence-electron chi connectivity index (χ1n) is 3.49. The van der Waals surface area contributed by atoms with Gasteiger partial charge in [0.05, 0.1) is 13.2 Å². The van der Waals surface area contributed by atoms with Crippen molar-refractivity contribution >= 4 is 11.8 Å². The Bertz CT molecular complexity index is 278. The lowest BCUT2D eigenvalue weighted by molar-refractivity contribution is -0.710. The molecule has 2 rings (SSSR count). The molecule has 68 valence electrons. The van der Waals surface area contributed by atoms with E-state index < -0.39 is 0 Å². The van der Waals surface area contributed by atoms with Gasteiger partial charge in [-0.1, -0.05) is 16.4 Å². The summed E-state index contributed by atoms with van der Waals surface area (Å²) in [5.74, 6) is 0.777. The van der Waals surface area contributed by atoms with Crippen molar-refractivity contribution in [2.75, 3.05) is 5.75 Å². The van der Waals surface area contributed by atoms with Crippen molar-refractivity contribution in [1.82, 2.24) is 9.78 Å². The summed E-state index contributed by atoms with van der Waals surface area (Å²) in [4.78, 5) is 0. The number of fused-ring (bicyclic) bond motifs is 1. The fourth-order valence-corrected chi connectivity index (χ4v) is 2.11. The zero-order valence-electron chi connectivity index (χ0n) is 6.64. The van der Waals surface area contributed by atoms with E-state index in [0.29, 0.717) is 6.54 Å². The van der Waals surface area contributed by atoms with E-state index in [2.05, 4.69) is 5.10 Å². The van der Waals surface area contributed by atoms with Crippen LogP contribution in [0.5, 0.6) is 0 Å². The molecule has 0 aliphatic carbocycles. The Morgan fingerprint density at radius 3 is 3.33 bits per heavy atom. The van der Waals surface area contributed by atoms with Crippen molar-refractivity contribution in [2.24, 2.45) is 7.05 Å². The molecule has 0 saturated carbocycles. The van der Waals surface area contributed by atoms with E-state index in [9.17, 15) is 5.11 Å². The Labute approximate surface area is 85.4 Å². The molecule has 0 aromatic carbocycles. The van der Waals surface area contributed by atoms with Crippen LogP contribution in [0, 0.1) is 0 Å². The number of aromatic nitrogens is 3. The molecule has 2 heterocycles. The Morgan fingerprint density at radius 1 is 1.83 bits per heavy atom.